The number of hydrogen-bond donors (Lipinski definition) is 0. The van der Waals surface area contributed by atoms with Crippen molar-refractivity contribution >= 4 is 17.3 Å². The Balaban J connectivity index is 1.60. The van der Waals surface area contributed by atoms with Crippen LogP contribution in [0.15, 0.2) is 78.0 Å². The van der Waals surface area contributed by atoms with Gasteiger partial charge >= 0.3 is 6.18 Å². The lowest BCUT2D eigenvalue weighted by Crippen LogP contribution is -2.03. The van der Waals surface area contributed by atoms with Crippen molar-refractivity contribution in [3.05, 3.63) is 90.0 Å². The molecule has 0 N–H and O–H groups in total. The fraction of sp³-hybridized carbons (Fsp3) is 0.0952. The first-order valence-corrected chi connectivity index (χ1v) is 9.41. The van der Waals surface area contributed by atoms with Gasteiger partial charge in [0.1, 0.15) is 5.82 Å². The lowest BCUT2D eigenvalue weighted by atomic mass is 10.0. The molecule has 0 spiro atoms. The smallest absolute Gasteiger partial charge is 0.240 e. The van der Waals surface area contributed by atoms with E-state index in [1.807, 2.05) is 18.3 Å². The fourth-order valence-electron chi connectivity index (χ4n) is 2.87. The van der Waals surface area contributed by atoms with Crippen LogP contribution < -0.4 is 0 Å². The predicted molar refractivity (Wildman–Crippen MR) is 102 cm³/mol. The summed E-state index contributed by atoms with van der Waals surface area (Å²) in [5, 5.41) is 4.28. The molecule has 2 nitrogen and oxygen atoms in total. The summed E-state index contributed by atoms with van der Waals surface area (Å²) in [7, 11) is 0. The Labute approximate surface area is 162 Å². The quantitative estimate of drug-likeness (QED) is 0.288. The largest absolute Gasteiger partial charge is 0.416 e. The monoisotopic (exact) mass is 402 g/mol. The van der Waals surface area contributed by atoms with Crippen LogP contribution in [0.2, 0.25) is 0 Å². The standard InChI is InChI=1S/C21H14F4N2S/c22-17-5-7-18(8-6-17)28-13-14-9-10-27-20(11-14)19(12-26-27)15-1-3-16(4-2-15)21(23,24)25/h1-12H,13H2. The summed E-state index contributed by atoms with van der Waals surface area (Å²) in [6.45, 7) is 0. The zero-order valence-corrected chi connectivity index (χ0v) is 15.3. The minimum Gasteiger partial charge on any atom is -0.240 e. The van der Waals surface area contributed by atoms with E-state index in [0.717, 1.165) is 33.7 Å². The number of pyridine rings is 1. The van der Waals surface area contributed by atoms with Gasteiger partial charge < -0.3 is 0 Å². The summed E-state index contributed by atoms with van der Waals surface area (Å²) in [5.74, 6) is 0.408. The van der Waals surface area contributed by atoms with Crippen molar-refractivity contribution in [1.82, 2.24) is 9.61 Å². The molecule has 2 aromatic carbocycles. The molecule has 7 heteroatoms. The van der Waals surface area contributed by atoms with Gasteiger partial charge in [0.2, 0.25) is 0 Å². The normalized spacial score (nSPS) is 11.9. The third-order valence-corrected chi connectivity index (χ3v) is 5.41. The van der Waals surface area contributed by atoms with Crippen LogP contribution in [0.3, 0.4) is 0 Å². The van der Waals surface area contributed by atoms with Crippen LogP contribution in [0.4, 0.5) is 17.6 Å². The molecule has 0 aliphatic rings. The van der Waals surface area contributed by atoms with Crippen molar-refractivity contribution in [3.8, 4) is 11.1 Å². The summed E-state index contributed by atoms with van der Waals surface area (Å²) in [5.41, 5.74) is 2.62. The molecular formula is C21H14F4N2S. The molecule has 0 amide bonds. The molecule has 0 atom stereocenters. The molecule has 2 heterocycles. The highest BCUT2D eigenvalue weighted by Gasteiger charge is 2.30. The molecule has 0 unspecified atom stereocenters. The zero-order chi connectivity index (χ0) is 19.7. The van der Waals surface area contributed by atoms with Crippen LogP contribution in [-0.4, -0.2) is 9.61 Å². The first-order valence-electron chi connectivity index (χ1n) is 8.42. The second-order valence-electron chi connectivity index (χ2n) is 6.24. The van der Waals surface area contributed by atoms with Gasteiger partial charge in [-0.3, -0.25) is 0 Å². The molecule has 4 rings (SSSR count). The molecule has 0 aliphatic carbocycles. The minimum absolute atomic E-state index is 0.272. The van der Waals surface area contributed by atoms with E-state index in [-0.39, 0.29) is 5.82 Å². The van der Waals surface area contributed by atoms with Gasteiger partial charge in [0.05, 0.1) is 17.3 Å². The van der Waals surface area contributed by atoms with Crippen molar-refractivity contribution in [2.24, 2.45) is 0 Å². The number of rotatable bonds is 4. The summed E-state index contributed by atoms with van der Waals surface area (Å²) < 4.78 is 53.0. The number of aromatic nitrogens is 2. The Bertz CT molecular complexity index is 1100. The highest BCUT2D eigenvalue weighted by molar-refractivity contribution is 7.98. The Morgan fingerprint density at radius 2 is 1.64 bits per heavy atom. The Kier molecular flexibility index (Phi) is 4.85. The van der Waals surface area contributed by atoms with E-state index in [4.69, 9.17) is 0 Å². The maximum absolute atomic E-state index is 13.0. The third kappa shape index (κ3) is 3.89. The maximum Gasteiger partial charge on any atom is 0.416 e. The van der Waals surface area contributed by atoms with Crippen molar-refractivity contribution in [1.29, 1.82) is 0 Å². The Morgan fingerprint density at radius 3 is 2.32 bits per heavy atom. The number of nitrogens with zero attached hydrogens (tertiary/aromatic N) is 2. The number of fused-ring (bicyclic) bond motifs is 1. The van der Waals surface area contributed by atoms with Crippen LogP contribution in [-0.2, 0) is 11.9 Å². The Morgan fingerprint density at radius 1 is 0.929 bits per heavy atom. The van der Waals surface area contributed by atoms with Gasteiger partial charge in [-0.2, -0.15) is 18.3 Å². The summed E-state index contributed by atoms with van der Waals surface area (Å²) in [4.78, 5) is 0.956. The average molecular weight is 402 g/mol. The number of alkyl halides is 3. The number of halogens is 4. The first kappa shape index (κ1) is 18.6. The fourth-order valence-corrected chi connectivity index (χ4v) is 3.71. The zero-order valence-electron chi connectivity index (χ0n) is 14.4. The molecule has 0 saturated heterocycles. The van der Waals surface area contributed by atoms with E-state index in [1.165, 1.54) is 24.3 Å². The highest BCUT2D eigenvalue weighted by atomic mass is 32.2. The molecule has 0 aliphatic heterocycles. The van der Waals surface area contributed by atoms with Gasteiger partial charge in [-0.05, 0) is 59.7 Å². The number of hydrogen-bond acceptors (Lipinski definition) is 2. The Hall–Kier alpha value is -2.80. The van der Waals surface area contributed by atoms with E-state index in [9.17, 15) is 17.6 Å². The van der Waals surface area contributed by atoms with E-state index in [0.29, 0.717) is 11.3 Å². The summed E-state index contributed by atoms with van der Waals surface area (Å²) in [6.07, 6.45) is -0.886. The molecule has 2 aromatic heterocycles. The highest BCUT2D eigenvalue weighted by Crippen LogP contribution is 2.32. The van der Waals surface area contributed by atoms with Crippen LogP contribution in [0.5, 0.6) is 0 Å². The van der Waals surface area contributed by atoms with Crippen LogP contribution in [0, 0.1) is 5.82 Å². The van der Waals surface area contributed by atoms with Gasteiger partial charge in [0, 0.05) is 22.4 Å². The molecule has 0 radical (unpaired) electrons. The van der Waals surface area contributed by atoms with E-state index < -0.39 is 11.7 Å². The molecule has 28 heavy (non-hydrogen) atoms. The molecular weight excluding hydrogens is 388 g/mol. The lowest BCUT2D eigenvalue weighted by molar-refractivity contribution is -0.137. The third-order valence-electron chi connectivity index (χ3n) is 4.33. The van der Waals surface area contributed by atoms with Crippen LogP contribution >= 0.6 is 11.8 Å². The van der Waals surface area contributed by atoms with Crippen molar-refractivity contribution in [3.63, 3.8) is 0 Å². The van der Waals surface area contributed by atoms with E-state index in [2.05, 4.69) is 5.10 Å². The van der Waals surface area contributed by atoms with Crippen LogP contribution in [0.25, 0.3) is 16.6 Å². The van der Waals surface area contributed by atoms with Crippen LogP contribution in [0.1, 0.15) is 11.1 Å². The maximum atomic E-state index is 13.0. The molecule has 0 bridgehead atoms. The lowest BCUT2D eigenvalue weighted by Gasteiger charge is -2.07. The van der Waals surface area contributed by atoms with Gasteiger partial charge in [-0.1, -0.05) is 12.1 Å². The molecule has 0 fully saturated rings. The van der Waals surface area contributed by atoms with Crippen molar-refractivity contribution in [2.75, 3.05) is 0 Å². The molecule has 4 aromatic rings. The van der Waals surface area contributed by atoms with Crippen molar-refractivity contribution < 1.29 is 17.6 Å². The number of benzene rings is 2. The summed E-state index contributed by atoms with van der Waals surface area (Å²) in [6, 6.07) is 15.3. The second-order valence-corrected chi connectivity index (χ2v) is 7.29. The number of thioether (sulfide) groups is 1. The average Bonchev–Trinajstić information content (AvgIpc) is 3.10. The van der Waals surface area contributed by atoms with Gasteiger partial charge in [-0.15, -0.1) is 11.8 Å². The minimum atomic E-state index is -4.36. The van der Waals surface area contributed by atoms with Crippen molar-refractivity contribution in [2.45, 2.75) is 16.8 Å². The topological polar surface area (TPSA) is 17.3 Å². The van der Waals surface area contributed by atoms with Gasteiger partial charge in [-0.25, -0.2) is 8.91 Å². The second kappa shape index (κ2) is 7.31. The van der Waals surface area contributed by atoms with E-state index in [1.54, 1.807) is 34.6 Å². The van der Waals surface area contributed by atoms with E-state index >= 15 is 0 Å². The molecule has 142 valence electrons. The first-order chi connectivity index (χ1) is 13.4. The summed E-state index contributed by atoms with van der Waals surface area (Å²) >= 11 is 1.58. The SMILES string of the molecule is Fc1ccc(SCc2ccn3ncc(-c4ccc(C(F)(F)F)cc4)c3c2)cc1. The van der Waals surface area contributed by atoms with Gasteiger partial charge in [0.25, 0.3) is 0 Å². The predicted octanol–water partition coefficient (Wildman–Crippen LogP) is 6.45. The molecule has 0 saturated carbocycles. The van der Waals surface area contributed by atoms with Gasteiger partial charge in [0.15, 0.2) is 0 Å².